The summed E-state index contributed by atoms with van der Waals surface area (Å²) in [5, 5.41) is 0. The first kappa shape index (κ1) is 9.74. The molecule has 0 aliphatic carbocycles. The molecule has 0 bridgehead atoms. The van der Waals surface area contributed by atoms with Crippen molar-refractivity contribution in [3.63, 3.8) is 0 Å². The second-order valence-corrected chi connectivity index (χ2v) is 3.28. The van der Waals surface area contributed by atoms with E-state index in [0.717, 1.165) is 5.69 Å². The summed E-state index contributed by atoms with van der Waals surface area (Å²) >= 11 is 0. The number of hydrogen-bond acceptors (Lipinski definition) is 1. The molecule has 0 aliphatic heterocycles. The van der Waals surface area contributed by atoms with Gasteiger partial charge in [0.1, 0.15) is 0 Å². The second kappa shape index (κ2) is 5.17. The van der Waals surface area contributed by atoms with Gasteiger partial charge in [-0.15, -0.1) is 5.43 Å². The van der Waals surface area contributed by atoms with Crippen LogP contribution in [0.2, 0.25) is 0 Å². The summed E-state index contributed by atoms with van der Waals surface area (Å²) in [5.41, 5.74) is 9.51. The SMILES string of the molecule is c1ccc(C[N]Nc2ccccc2)cc1. The molecule has 0 atom stereocenters. The minimum absolute atomic E-state index is 0.690. The molecule has 2 nitrogen and oxygen atoms in total. The topological polar surface area (TPSA) is 26.1 Å². The molecule has 1 N–H and O–H groups in total. The van der Waals surface area contributed by atoms with Crippen LogP contribution < -0.4 is 10.9 Å². The van der Waals surface area contributed by atoms with Gasteiger partial charge in [-0.1, -0.05) is 48.5 Å². The van der Waals surface area contributed by atoms with Gasteiger partial charge in [-0.2, -0.15) is 0 Å². The van der Waals surface area contributed by atoms with E-state index in [-0.39, 0.29) is 0 Å². The highest BCUT2D eigenvalue weighted by molar-refractivity contribution is 5.41. The van der Waals surface area contributed by atoms with Crippen molar-refractivity contribution < 1.29 is 0 Å². The summed E-state index contributed by atoms with van der Waals surface area (Å²) in [5.74, 6) is 0. The number of benzene rings is 2. The van der Waals surface area contributed by atoms with E-state index in [2.05, 4.69) is 23.0 Å². The summed E-state index contributed by atoms with van der Waals surface area (Å²) in [6.45, 7) is 0.690. The predicted octanol–water partition coefficient (Wildman–Crippen LogP) is 2.82. The molecule has 2 aromatic carbocycles. The van der Waals surface area contributed by atoms with Crippen LogP contribution in [0.3, 0.4) is 0 Å². The summed E-state index contributed by atoms with van der Waals surface area (Å²) in [6, 6.07) is 20.1. The molecule has 15 heavy (non-hydrogen) atoms. The Balaban J connectivity index is 1.81. The Morgan fingerprint density at radius 3 is 2.07 bits per heavy atom. The first-order valence-corrected chi connectivity index (χ1v) is 4.96. The Hall–Kier alpha value is -1.80. The highest BCUT2D eigenvalue weighted by Crippen LogP contribution is 2.04. The average molecular weight is 197 g/mol. The van der Waals surface area contributed by atoms with E-state index in [1.165, 1.54) is 5.56 Å². The standard InChI is InChI=1S/C13H13N2/c1-3-7-12(8-4-1)11-14-15-13-9-5-2-6-10-13/h1-10,15H,11H2. The summed E-state index contributed by atoms with van der Waals surface area (Å²) in [7, 11) is 0. The van der Waals surface area contributed by atoms with Gasteiger partial charge in [-0.25, -0.2) is 0 Å². The number of rotatable bonds is 4. The van der Waals surface area contributed by atoms with Crippen LogP contribution in [0, 0.1) is 0 Å². The molecule has 0 heterocycles. The third kappa shape index (κ3) is 3.11. The fraction of sp³-hybridized carbons (Fsp3) is 0.0769. The summed E-state index contributed by atoms with van der Waals surface area (Å²) in [4.78, 5) is 0. The minimum Gasteiger partial charge on any atom is -0.304 e. The molecule has 0 aliphatic rings. The number of para-hydroxylation sites is 1. The molecule has 75 valence electrons. The Morgan fingerprint density at radius 2 is 1.40 bits per heavy atom. The van der Waals surface area contributed by atoms with E-state index in [1.54, 1.807) is 0 Å². The van der Waals surface area contributed by atoms with E-state index in [9.17, 15) is 0 Å². The molecule has 1 radical (unpaired) electrons. The summed E-state index contributed by atoms with van der Waals surface area (Å²) in [6.07, 6.45) is 0. The molecule has 2 aromatic rings. The molecule has 0 unspecified atom stereocenters. The zero-order chi connectivity index (χ0) is 10.3. The molecular formula is C13H13N2. The third-order valence-electron chi connectivity index (χ3n) is 2.09. The van der Waals surface area contributed by atoms with E-state index in [0.29, 0.717) is 6.54 Å². The molecule has 0 amide bonds. The van der Waals surface area contributed by atoms with Crippen LogP contribution in [0.1, 0.15) is 5.56 Å². The molecule has 0 fully saturated rings. The van der Waals surface area contributed by atoms with E-state index < -0.39 is 0 Å². The van der Waals surface area contributed by atoms with Gasteiger partial charge in [-0.05, 0) is 17.7 Å². The summed E-state index contributed by atoms with van der Waals surface area (Å²) < 4.78 is 0. The van der Waals surface area contributed by atoms with Gasteiger partial charge in [0.2, 0.25) is 0 Å². The maximum Gasteiger partial charge on any atom is 0.0609 e. The van der Waals surface area contributed by atoms with Crippen LogP contribution in [-0.4, -0.2) is 0 Å². The van der Waals surface area contributed by atoms with Crippen LogP contribution >= 0.6 is 0 Å². The van der Waals surface area contributed by atoms with Gasteiger partial charge in [0, 0.05) is 0 Å². The van der Waals surface area contributed by atoms with Gasteiger partial charge in [-0.3, -0.25) is 0 Å². The maximum absolute atomic E-state index is 4.26. The van der Waals surface area contributed by atoms with Crippen LogP contribution in [0.4, 0.5) is 5.69 Å². The molecule has 2 rings (SSSR count). The Labute approximate surface area is 89.9 Å². The third-order valence-corrected chi connectivity index (χ3v) is 2.09. The Bertz CT molecular complexity index is 344. The Morgan fingerprint density at radius 1 is 0.800 bits per heavy atom. The maximum atomic E-state index is 4.26. The quantitative estimate of drug-likeness (QED) is 0.749. The van der Waals surface area contributed by atoms with Gasteiger partial charge in [0.15, 0.2) is 0 Å². The van der Waals surface area contributed by atoms with E-state index in [4.69, 9.17) is 0 Å². The van der Waals surface area contributed by atoms with Crippen molar-refractivity contribution in [2.75, 3.05) is 5.43 Å². The zero-order valence-corrected chi connectivity index (χ0v) is 8.43. The van der Waals surface area contributed by atoms with Crippen LogP contribution in [-0.2, 0) is 6.54 Å². The second-order valence-electron chi connectivity index (χ2n) is 3.28. The molecule has 2 heteroatoms. The first-order valence-electron chi connectivity index (χ1n) is 4.96. The molecule has 0 spiro atoms. The van der Waals surface area contributed by atoms with Gasteiger partial charge in [0.05, 0.1) is 12.2 Å². The lowest BCUT2D eigenvalue weighted by molar-refractivity contribution is 0.784. The largest absolute Gasteiger partial charge is 0.304 e. The lowest BCUT2D eigenvalue weighted by Gasteiger charge is -2.05. The number of nitrogens with one attached hydrogen (secondary N) is 1. The van der Waals surface area contributed by atoms with Gasteiger partial charge < -0.3 is 5.43 Å². The van der Waals surface area contributed by atoms with Crippen LogP contribution in [0.25, 0.3) is 0 Å². The monoisotopic (exact) mass is 197 g/mol. The van der Waals surface area contributed by atoms with Gasteiger partial charge >= 0.3 is 0 Å². The van der Waals surface area contributed by atoms with Crippen molar-refractivity contribution in [3.05, 3.63) is 66.2 Å². The predicted molar refractivity (Wildman–Crippen MR) is 62.3 cm³/mol. The Kier molecular flexibility index (Phi) is 3.36. The lowest BCUT2D eigenvalue weighted by atomic mass is 10.2. The van der Waals surface area contributed by atoms with Crippen molar-refractivity contribution in [1.82, 2.24) is 5.43 Å². The van der Waals surface area contributed by atoms with Crippen molar-refractivity contribution in [1.29, 1.82) is 0 Å². The molecular weight excluding hydrogens is 184 g/mol. The number of nitrogens with zero attached hydrogens (tertiary/aromatic N) is 1. The van der Waals surface area contributed by atoms with Crippen LogP contribution in [0.5, 0.6) is 0 Å². The zero-order valence-electron chi connectivity index (χ0n) is 8.43. The minimum atomic E-state index is 0.690. The van der Waals surface area contributed by atoms with Crippen molar-refractivity contribution >= 4 is 5.69 Å². The van der Waals surface area contributed by atoms with Gasteiger partial charge in [0.25, 0.3) is 0 Å². The highest BCUT2D eigenvalue weighted by atomic mass is 15.3. The smallest absolute Gasteiger partial charge is 0.0609 e. The fourth-order valence-corrected chi connectivity index (χ4v) is 1.32. The highest BCUT2D eigenvalue weighted by Gasteiger charge is 1.92. The lowest BCUT2D eigenvalue weighted by Crippen LogP contribution is -2.12. The van der Waals surface area contributed by atoms with Crippen molar-refractivity contribution in [2.24, 2.45) is 0 Å². The van der Waals surface area contributed by atoms with Crippen molar-refractivity contribution in [3.8, 4) is 0 Å². The fourth-order valence-electron chi connectivity index (χ4n) is 1.32. The molecule has 0 saturated carbocycles. The van der Waals surface area contributed by atoms with Crippen molar-refractivity contribution in [2.45, 2.75) is 6.54 Å². The first-order chi connectivity index (χ1) is 7.45. The van der Waals surface area contributed by atoms with E-state index in [1.807, 2.05) is 48.5 Å². The van der Waals surface area contributed by atoms with E-state index >= 15 is 0 Å². The molecule has 0 saturated heterocycles. The number of hydrogen-bond donors (Lipinski definition) is 1. The number of anilines is 1. The average Bonchev–Trinajstić information content (AvgIpc) is 2.32. The normalized spacial score (nSPS) is 9.87. The van der Waals surface area contributed by atoms with Crippen LogP contribution in [0.15, 0.2) is 60.7 Å². The molecule has 0 aromatic heterocycles.